The van der Waals surface area contributed by atoms with E-state index in [-0.39, 0.29) is 34.8 Å². The van der Waals surface area contributed by atoms with Crippen molar-refractivity contribution in [1.82, 2.24) is 5.43 Å². The van der Waals surface area contributed by atoms with E-state index in [0.717, 1.165) is 12.0 Å². The summed E-state index contributed by atoms with van der Waals surface area (Å²) >= 11 is 0. The van der Waals surface area contributed by atoms with Gasteiger partial charge in [0.05, 0.1) is 5.71 Å². The average molecular weight is 326 g/mol. The van der Waals surface area contributed by atoms with Gasteiger partial charge in [0.1, 0.15) is 17.1 Å². The standard InChI is InChI=1S/C18H18N2O4/c1-10-8-15(21)16(18(23)24-10)11(2)19-20-17(22)14-9-13(14)12-6-4-3-5-7-12/h3-8,13-14,21H,9H2,1-2H3,(H,20,22)/b19-11-/t13-,14-/m0/s1. The van der Waals surface area contributed by atoms with E-state index >= 15 is 0 Å². The predicted octanol–water partition coefficient (Wildman–Crippen LogP) is 2.30. The Balaban J connectivity index is 1.68. The van der Waals surface area contributed by atoms with Gasteiger partial charge in [0.2, 0.25) is 5.91 Å². The van der Waals surface area contributed by atoms with Crippen molar-refractivity contribution in [2.24, 2.45) is 11.0 Å². The molecule has 2 N–H and O–H groups in total. The molecule has 6 heteroatoms. The van der Waals surface area contributed by atoms with Crippen LogP contribution in [-0.4, -0.2) is 16.7 Å². The highest BCUT2D eigenvalue weighted by Crippen LogP contribution is 2.47. The van der Waals surface area contributed by atoms with Gasteiger partial charge in [-0.25, -0.2) is 10.2 Å². The second-order valence-electron chi connectivity index (χ2n) is 5.94. The Kier molecular flexibility index (Phi) is 4.20. The molecule has 0 spiro atoms. The minimum absolute atomic E-state index is 0.0451. The fourth-order valence-electron chi connectivity index (χ4n) is 2.76. The average Bonchev–Trinajstić information content (AvgIpc) is 3.33. The van der Waals surface area contributed by atoms with E-state index in [4.69, 9.17) is 4.42 Å². The van der Waals surface area contributed by atoms with Crippen LogP contribution in [0.4, 0.5) is 0 Å². The molecule has 1 aromatic carbocycles. The van der Waals surface area contributed by atoms with Crippen LogP contribution in [0.25, 0.3) is 0 Å². The molecule has 0 bridgehead atoms. The van der Waals surface area contributed by atoms with E-state index in [0.29, 0.717) is 5.76 Å². The van der Waals surface area contributed by atoms with Gasteiger partial charge >= 0.3 is 5.63 Å². The van der Waals surface area contributed by atoms with Crippen molar-refractivity contribution in [3.63, 3.8) is 0 Å². The number of benzene rings is 1. The van der Waals surface area contributed by atoms with Crippen molar-refractivity contribution in [2.45, 2.75) is 26.2 Å². The number of hydrogen-bond acceptors (Lipinski definition) is 5. The Hall–Kier alpha value is -2.89. The van der Waals surface area contributed by atoms with Crippen LogP contribution < -0.4 is 11.1 Å². The van der Waals surface area contributed by atoms with Crippen LogP contribution in [-0.2, 0) is 4.79 Å². The highest BCUT2D eigenvalue weighted by molar-refractivity contribution is 6.01. The van der Waals surface area contributed by atoms with Gasteiger partial charge in [-0.2, -0.15) is 5.10 Å². The summed E-state index contributed by atoms with van der Waals surface area (Å²) in [6, 6.07) is 11.2. The van der Waals surface area contributed by atoms with Crippen LogP contribution in [0.3, 0.4) is 0 Å². The number of aryl methyl sites for hydroxylation is 1. The molecule has 124 valence electrons. The summed E-state index contributed by atoms with van der Waals surface area (Å²) in [5.74, 6) is -0.0136. The molecule has 6 nitrogen and oxygen atoms in total. The summed E-state index contributed by atoms with van der Waals surface area (Å²) in [4.78, 5) is 24.0. The first kappa shape index (κ1) is 16.0. The normalized spacial score (nSPS) is 19.8. The number of aromatic hydroxyl groups is 1. The lowest BCUT2D eigenvalue weighted by molar-refractivity contribution is -0.122. The zero-order valence-corrected chi connectivity index (χ0v) is 13.4. The molecular weight excluding hydrogens is 308 g/mol. The smallest absolute Gasteiger partial charge is 0.348 e. The maximum atomic E-state index is 12.2. The SMILES string of the molecule is C/C(=N/NC(=O)[C@H]1C[C@H]1c1ccccc1)c1c(O)cc(C)oc1=O. The van der Waals surface area contributed by atoms with E-state index in [1.165, 1.54) is 13.0 Å². The molecule has 0 radical (unpaired) electrons. The zero-order chi connectivity index (χ0) is 17.3. The van der Waals surface area contributed by atoms with Gasteiger partial charge in [-0.05, 0) is 31.7 Å². The van der Waals surface area contributed by atoms with Crippen molar-refractivity contribution < 1.29 is 14.3 Å². The lowest BCUT2D eigenvalue weighted by atomic mass is 10.1. The van der Waals surface area contributed by atoms with Gasteiger partial charge in [0.25, 0.3) is 0 Å². The van der Waals surface area contributed by atoms with Crippen molar-refractivity contribution in [1.29, 1.82) is 0 Å². The van der Waals surface area contributed by atoms with Crippen LogP contribution in [0.15, 0.2) is 50.7 Å². The topological polar surface area (TPSA) is 91.9 Å². The van der Waals surface area contributed by atoms with E-state index in [1.54, 1.807) is 6.92 Å². The predicted molar refractivity (Wildman–Crippen MR) is 89.0 cm³/mol. The monoisotopic (exact) mass is 326 g/mol. The Morgan fingerprint density at radius 3 is 2.71 bits per heavy atom. The largest absolute Gasteiger partial charge is 0.507 e. The first-order valence-corrected chi connectivity index (χ1v) is 7.70. The Bertz CT molecular complexity index is 855. The Labute approximate surface area is 138 Å². The summed E-state index contributed by atoms with van der Waals surface area (Å²) in [6.45, 7) is 3.10. The second-order valence-corrected chi connectivity index (χ2v) is 5.94. The van der Waals surface area contributed by atoms with Crippen LogP contribution in [0, 0.1) is 12.8 Å². The molecule has 0 unspecified atom stereocenters. The third-order valence-electron chi connectivity index (χ3n) is 4.10. The third kappa shape index (κ3) is 3.22. The van der Waals surface area contributed by atoms with E-state index in [9.17, 15) is 14.7 Å². The number of carbonyl (C=O) groups excluding carboxylic acids is 1. The number of rotatable bonds is 4. The Morgan fingerprint density at radius 2 is 2.04 bits per heavy atom. The lowest BCUT2D eigenvalue weighted by Crippen LogP contribution is -2.23. The van der Waals surface area contributed by atoms with Gasteiger partial charge in [-0.3, -0.25) is 4.79 Å². The molecule has 1 aliphatic rings. The van der Waals surface area contributed by atoms with Gasteiger partial charge in [-0.1, -0.05) is 30.3 Å². The van der Waals surface area contributed by atoms with Crippen LogP contribution >= 0.6 is 0 Å². The summed E-state index contributed by atoms with van der Waals surface area (Å²) in [6.07, 6.45) is 0.780. The minimum Gasteiger partial charge on any atom is -0.507 e. The first-order valence-electron chi connectivity index (χ1n) is 7.70. The van der Waals surface area contributed by atoms with Gasteiger partial charge < -0.3 is 9.52 Å². The van der Waals surface area contributed by atoms with Gasteiger partial charge in [0, 0.05) is 12.0 Å². The number of nitrogens with one attached hydrogen (secondary N) is 1. The molecule has 1 amide bonds. The van der Waals surface area contributed by atoms with Crippen LogP contribution in [0.5, 0.6) is 5.75 Å². The molecule has 2 atom stereocenters. The molecule has 1 heterocycles. The highest BCUT2D eigenvalue weighted by atomic mass is 16.4. The van der Waals surface area contributed by atoms with E-state index in [1.807, 2.05) is 30.3 Å². The van der Waals surface area contributed by atoms with Crippen molar-refractivity contribution in [2.75, 3.05) is 0 Å². The highest BCUT2D eigenvalue weighted by Gasteiger charge is 2.43. The molecule has 3 rings (SSSR count). The summed E-state index contributed by atoms with van der Waals surface area (Å²) < 4.78 is 4.94. The third-order valence-corrected chi connectivity index (χ3v) is 4.10. The number of nitrogens with zero attached hydrogens (tertiary/aromatic N) is 1. The first-order chi connectivity index (χ1) is 11.5. The fourth-order valence-corrected chi connectivity index (χ4v) is 2.76. The molecule has 1 saturated carbocycles. The molecular formula is C18H18N2O4. The summed E-state index contributed by atoms with van der Waals surface area (Å²) in [7, 11) is 0. The van der Waals surface area contributed by atoms with Gasteiger partial charge in [0.15, 0.2) is 0 Å². The molecule has 0 aliphatic heterocycles. The number of hydrazone groups is 1. The summed E-state index contributed by atoms with van der Waals surface area (Å²) in [5.41, 5.74) is 3.08. The quantitative estimate of drug-likeness (QED) is 0.666. The van der Waals surface area contributed by atoms with Crippen molar-refractivity contribution >= 4 is 11.6 Å². The molecule has 1 fully saturated rings. The maximum absolute atomic E-state index is 12.2. The molecule has 24 heavy (non-hydrogen) atoms. The van der Waals surface area contributed by atoms with Crippen molar-refractivity contribution in [3.05, 3.63) is 63.7 Å². The maximum Gasteiger partial charge on any atom is 0.348 e. The molecule has 1 aromatic heterocycles. The minimum atomic E-state index is -0.684. The molecule has 1 aliphatic carbocycles. The number of amides is 1. The molecule has 2 aromatic rings. The number of carbonyl (C=O) groups is 1. The van der Waals surface area contributed by atoms with E-state index < -0.39 is 5.63 Å². The van der Waals surface area contributed by atoms with Gasteiger partial charge in [-0.15, -0.1) is 0 Å². The van der Waals surface area contributed by atoms with Crippen LogP contribution in [0.2, 0.25) is 0 Å². The number of hydrogen-bond donors (Lipinski definition) is 2. The summed E-state index contributed by atoms with van der Waals surface area (Å²) in [5, 5.41) is 13.8. The lowest BCUT2D eigenvalue weighted by Gasteiger charge is -2.04. The molecule has 0 saturated heterocycles. The Morgan fingerprint density at radius 1 is 1.33 bits per heavy atom. The second kappa shape index (κ2) is 6.31. The van der Waals surface area contributed by atoms with E-state index in [2.05, 4.69) is 10.5 Å². The van der Waals surface area contributed by atoms with Crippen LogP contribution in [0.1, 0.15) is 36.1 Å². The zero-order valence-electron chi connectivity index (χ0n) is 13.4. The fraction of sp³-hybridized carbons (Fsp3) is 0.278. The van der Waals surface area contributed by atoms with Crippen molar-refractivity contribution in [3.8, 4) is 5.75 Å².